The molecule has 0 fully saturated rings. The minimum Gasteiger partial charge on any atom is -0.484 e. The number of anilines is 1. The molecule has 4 nitrogen and oxygen atoms in total. The number of carbonyl (C=O) groups excluding carboxylic acids is 1. The van der Waals surface area contributed by atoms with Crippen LogP contribution in [0.15, 0.2) is 40.9 Å². The van der Waals surface area contributed by atoms with Crippen molar-refractivity contribution in [3.8, 4) is 5.75 Å². The van der Waals surface area contributed by atoms with Gasteiger partial charge in [-0.1, -0.05) is 50.5 Å². The van der Waals surface area contributed by atoms with Gasteiger partial charge in [-0.05, 0) is 36.4 Å². The van der Waals surface area contributed by atoms with E-state index in [0.717, 1.165) is 9.17 Å². The normalized spacial score (nSPS) is 10.7. The molecule has 23 heavy (non-hydrogen) atoms. The van der Waals surface area contributed by atoms with Gasteiger partial charge in [0.15, 0.2) is 11.7 Å². The largest absolute Gasteiger partial charge is 0.484 e. The van der Waals surface area contributed by atoms with E-state index >= 15 is 0 Å². The van der Waals surface area contributed by atoms with Crippen LogP contribution in [-0.2, 0) is 4.79 Å². The first-order chi connectivity index (χ1) is 11.0. The summed E-state index contributed by atoms with van der Waals surface area (Å²) in [4.78, 5) is 16.2. The van der Waals surface area contributed by atoms with E-state index in [4.69, 9.17) is 27.9 Å². The molecule has 0 unspecified atom stereocenters. The standard InChI is InChI=1S/C15H9BrCl2N2O2S/c16-8-1-3-9(4-2-8)22-7-12(21)19-15-20-14-11(23-15)6-5-10(17)13(14)18/h1-6H,7H2,(H,19,20,21). The van der Waals surface area contributed by atoms with Gasteiger partial charge in [0.2, 0.25) is 0 Å². The molecule has 0 saturated heterocycles. The van der Waals surface area contributed by atoms with E-state index in [1.165, 1.54) is 11.3 Å². The van der Waals surface area contributed by atoms with Gasteiger partial charge in [0.05, 0.1) is 14.7 Å². The van der Waals surface area contributed by atoms with Crippen molar-refractivity contribution in [2.45, 2.75) is 0 Å². The van der Waals surface area contributed by atoms with Crippen LogP contribution in [0.2, 0.25) is 10.0 Å². The molecule has 2 aromatic carbocycles. The summed E-state index contributed by atoms with van der Waals surface area (Å²) in [6, 6.07) is 10.7. The molecule has 0 atom stereocenters. The molecule has 3 aromatic rings. The van der Waals surface area contributed by atoms with Gasteiger partial charge in [0, 0.05) is 4.47 Å². The Morgan fingerprint density at radius 2 is 1.96 bits per heavy atom. The lowest BCUT2D eigenvalue weighted by molar-refractivity contribution is -0.118. The van der Waals surface area contributed by atoms with Gasteiger partial charge in [-0.25, -0.2) is 4.98 Å². The number of amides is 1. The molecule has 1 heterocycles. The Hall–Kier alpha value is -1.34. The second-order valence-corrected chi connectivity index (χ2v) is 7.25. The molecule has 1 aromatic heterocycles. The van der Waals surface area contributed by atoms with Gasteiger partial charge < -0.3 is 4.74 Å². The smallest absolute Gasteiger partial charge is 0.264 e. The van der Waals surface area contributed by atoms with Crippen molar-refractivity contribution < 1.29 is 9.53 Å². The first-order valence-electron chi connectivity index (χ1n) is 6.45. The zero-order valence-electron chi connectivity index (χ0n) is 11.5. The van der Waals surface area contributed by atoms with Crippen molar-refractivity contribution in [1.29, 1.82) is 0 Å². The lowest BCUT2D eigenvalue weighted by Gasteiger charge is -2.05. The third-order valence-electron chi connectivity index (χ3n) is 2.88. The third-order valence-corrected chi connectivity index (χ3v) is 5.14. The predicted molar refractivity (Wildman–Crippen MR) is 97.9 cm³/mol. The number of nitrogens with one attached hydrogen (secondary N) is 1. The van der Waals surface area contributed by atoms with Gasteiger partial charge in [0.1, 0.15) is 11.3 Å². The second kappa shape index (κ2) is 7.05. The van der Waals surface area contributed by atoms with Crippen LogP contribution in [0.4, 0.5) is 5.13 Å². The highest BCUT2D eigenvalue weighted by Crippen LogP contribution is 2.35. The Morgan fingerprint density at radius 1 is 1.22 bits per heavy atom. The zero-order valence-corrected chi connectivity index (χ0v) is 15.4. The SMILES string of the molecule is O=C(COc1ccc(Br)cc1)Nc1nc2c(Cl)c(Cl)ccc2s1. The van der Waals surface area contributed by atoms with Crippen LogP contribution in [0.25, 0.3) is 10.2 Å². The van der Waals surface area contributed by atoms with E-state index in [9.17, 15) is 4.79 Å². The lowest BCUT2D eigenvalue weighted by Crippen LogP contribution is -2.19. The minimum absolute atomic E-state index is 0.105. The Morgan fingerprint density at radius 3 is 2.70 bits per heavy atom. The fourth-order valence-electron chi connectivity index (χ4n) is 1.83. The highest BCUT2D eigenvalue weighted by molar-refractivity contribution is 9.10. The summed E-state index contributed by atoms with van der Waals surface area (Å²) >= 11 is 16.7. The quantitative estimate of drug-likeness (QED) is 0.602. The van der Waals surface area contributed by atoms with E-state index in [-0.39, 0.29) is 12.5 Å². The lowest BCUT2D eigenvalue weighted by atomic mass is 10.3. The number of hydrogen-bond donors (Lipinski definition) is 1. The molecular weight excluding hydrogens is 423 g/mol. The third kappa shape index (κ3) is 3.95. The first-order valence-corrected chi connectivity index (χ1v) is 8.82. The molecule has 8 heteroatoms. The number of ether oxygens (including phenoxy) is 1. The Bertz CT molecular complexity index is 868. The van der Waals surface area contributed by atoms with E-state index < -0.39 is 0 Å². The van der Waals surface area contributed by atoms with Crippen LogP contribution in [0, 0.1) is 0 Å². The van der Waals surface area contributed by atoms with Crippen molar-refractivity contribution in [2.75, 3.05) is 11.9 Å². The first kappa shape index (κ1) is 16.5. The van der Waals surface area contributed by atoms with E-state index in [1.807, 2.05) is 18.2 Å². The van der Waals surface area contributed by atoms with Crippen LogP contribution in [0.3, 0.4) is 0 Å². The van der Waals surface area contributed by atoms with Crippen molar-refractivity contribution in [3.05, 3.63) is 50.9 Å². The van der Waals surface area contributed by atoms with Crippen LogP contribution < -0.4 is 10.1 Å². The molecule has 3 rings (SSSR count). The molecular formula is C15H9BrCl2N2O2S. The Kier molecular flexibility index (Phi) is 5.06. The molecule has 0 bridgehead atoms. The summed E-state index contributed by atoms with van der Waals surface area (Å²) in [6.07, 6.45) is 0. The van der Waals surface area contributed by atoms with Crippen molar-refractivity contribution in [3.63, 3.8) is 0 Å². The number of hydrogen-bond acceptors (Lipinski definition) is 4. The summed E-state index contributed by atoms with van der Waals surface area (Å²) in [5, 5.41) is 3.96. The number of fused-ring (bicyclic) bond motifs is 1. The molecule has 0 saturated carbocycles. The summed E-state index contributed by atoms with van der Waals surface area (Å²) in [6.45, 7) is -0.105. The van der Waals surface area contributed by atoms with Gasteiger partial charge in [-0.3, -0.25) is 10.1 Å². The summed E-state index contributed by atoms with van der Waals surface area (Å²) < 4.78 is 7.20. The average molecular weight is 432 g/mol. The monoisotopic (exact) mass is 430 g/mol. The van der Waals surface area contributed by atoms with E-state index in [0.29, 0.717) is 26.4 Å². The van der Waals surface area contributed by atoms with Crippen molar-refractivity contribution in [2.24, 2.45) is 0 Å². The number of halogens is 3. The summed E-state index contributed by atoms with van der Waals surface area (Å²) in [7, 11) is 0. The Balaban J connectivity index is 1.66. The van der Waals surface area contributed by atoms with E-state index in [2.05, 4.69) is 26.2 Å². The summed E-state index contributed by atoms with van der Waals surface area (Å²) in [5.74, 6) is 0.316. The number of aromatic nitrogens is 1. The highest BCUT2D eigenvalue weighted by atomic mass is 79.9. The molecule has 0 radical (unpaired) electrons. The number of rotatable bonds is 4. The van der Waals surface area contributed by atoms with E-state index in [1.54, 1.807) is 18.2 Å². The maximum Gasteiger partial charge on any atom is 0.264 e. The second-order valence-electron chi connectivity index (χ2n) is 4.52. The number of carbonyl (C=O) groups is 1. The molecule has 0 aliphatic carbocycles. The highest BCUT2D eigenvalue weighted by Gasteiger charge is 2.12. The van der Waals surface area contributed by atoms with Crippen LogP contribution in [-0.4, -0.2) is 17.5 Å². The zero-order chi connectivity index (χ0) is 16.4. The number of nitrogens with zero attached hydrogens (tertiary/aromatic N) is 1. The van der Waals surface area contributed by atoms with Crippen molar-refractivity contribution in [1.82, 2.24) is 4.98 Å². The fraction of sp³-hybridized carbons (Fsp3) is 0.0667. The van der Waals surface area contributed by atoms with Gasteiger partial charge in [-0.15, -0.1) is 0 Å². The Labute approximate surface area is 154 Å². The molecule has 0 aliphatic rings. The number of thiazole rings is 1. The van der Waals surface area contributed by atoms with Crippen molar-refractivity contribution >= 4 is 71.7 Å². The molecule has 1 N–H and O–H groups in total. The minimum atomic E-state index is -0.297. The van der Waals surface area contributed by atoms with Gasteiger partial charge >= 0.3 is 0 Å². The fourth-order valence-corrected chi connectivity index (χ4v) is 3.40. The summed E-state index contributed by atoms with van der Waals surface area (Å²) in [5.41, 5.74) is 0.577. The topological polar surface area (TPSA) is 51.2 Å². The van der Waals surface area contributed by atoms with Crippen LogP contribution in [0.5, 0.6) is 5.75 Å². The molecule has 1 amide bonds. The van der Waals surface area contributed by atoms with Gasteiger partial charge in [0.25, 0.3) is 5.91 Å². The predicted octanol–water partition coefficient (Wildman–Crippen LogP) is 5.38. The number of benzene rings is 2. The maximum atomic E-state index is 11.9. The maximum absolute atomic E-state index is 11.9. The van der Waals surface area contributed by atoms with Crippen LogP contribution in [0.1, 0.15) is 0 Å². The molecule has 0 aliphatic heterocycles. The molecule has 0 spiro atoms. The molecule has 118 valence electrons. The average Bonchev–Trinajstić information content (AvgIpc) is 2.94. The van der Waals surface area contributed by atoms with Crippen LogP contribution >= 0.6 is 50.5 Å². The van der Waals surface area contributed by atoms with Gasteiger partial charge in [-0.2, -0.15) is 0 Å².